The van der Waals surface area contributed by atoms with Crippen molar-refractivity contribution in [1.82, 2.24) is 14.7 Å². The van der Waals surface area contributed by atoms with E-state index in [2.05, 4.69) is 5.10 Å². The summed E-state index contributed by atoms with van der Waals surface area (Å²) in [4.78, 5) is 25.4. The van der Waals surface area contributed by atoms with Gasteiger partial charge in [-0.25, -0.2) is 0 Å². The van der Waals surface area contributed by atoms with Crippen LogP contribution in [0.5, 0.6) is 0 Å². The number of amides is 1. The Morgan fingerprint density at radius 3 is 2.30 bits per heavy atom. The van der Waals surface area contributed by atoms with Gasteiger partial charge in [0, 0.05) is 19.6 Å². The minimum absolute atomic E-state index is 0.0317. The molecule has 1 aromatic heterocycles. The lowest BCUT2D eigenvalue weighted by Crippen LogP contribution is -2.60. The highest BCUT2D eigenvalue weighted by Gasteiger charge is 2.54. The summed E-state index contributed by atoms with van der Waals surface area (Å²) in [7, 11) is 3.42. The van der Waals surface area contributed by atoms with Gasteiger partial charge in [0.05, 0.1) is 4.92 Å². The van der Waals surface area contributed by atoms with Crippen LogP contribution < -0.4 is 0 Å². The first-order valence-electron chi connectivity index (χ1n) is 8.34. The molecule has 4 aliphatic carbocycles. The van der Waals surface area contributed by atoms with E-state index in [-0.39, 0.29) is 22.8 Å². The summed E-state index contributed by atoms with van der Waals surface area (Å²) in [5, 5.41) is 15.3. The van der Waals surface area contributed by atoms with Crippen molar-refractivity contribution < 1.29 is 9.72 Å². The quantitative estimate of drug-likeness (QED) is 0.633. The van der Waals surface area contributed by atoms with E-state index >= 15 is 0 Å². The Balaban J connectivity index is 1.65. The van der Waals surface area contributed by atoms with Crippen molar-refractivity contribution in [1.29, 1.82) is 0 Å². The Hall–Kier alpha value is -1.92. The highest BCUT2D eigenvalue weighted by molar-refractivity contribution is 5.96. The van der Waals surface area contributed by atoms with Crippen LogP contribution in [-0.4, -0.2) is 38.1 Å². The molecule has 5 rings (SSSR count). The summed E-state index contributed by atoms with van der Waals surface area (Å²) in [6, 6.07) is 0. The molecule has 124 valence electrons. The summed E-state index contributed by atoms with van der Waals surface area (Å²) in [6.45, 7) is 0. The van der Waals surface area contributed by atoms with E-state index in [1.807, 2.05) is 7.05 Å². The number of rotatable bonds is 3. The van der Waals surface area contributed by atoms with E-state index in [1.54, 1.807) is 11.9 Å². The van der Waals surface area contributed by atoms with Crippen molar-refractivity contribution in [2.24, 2.45) is 24.8 Å². The first-order valence-corrected chi connectivity index (χ1v) is 8.34. The Morgan fingerprint density at radius 1 is 1.30 bits per heavy atom. The topological polar surface area (TPSA) is 81.3 Å². The molecule has 0 atom stereocenters. The lowest BCUT2D eigenvalue weighted by Gasteiger charge is -2.59. The van der Waals surface area contributed by atoms with E-state index in [9.17, 15) is 14.9 Å². The molecule has 0 N–H and O–H groups in total. The summed E-state index contributed by atoms with van der Waals surface area (Å²) < 4.78 is 1.35. The Morgan fingerprint density at radius 2 is 1.83 bits per heavy atom. The number of hydrogen-bond donors (Lipinski definition) is 0. The molecule has 0 saturated heterocycles. The standard InChI is InChI=1S/C16H22N4O3/c1-18-9-13(20(22)23)14(17-18)15(21)19(2)16-6-10-3-11(7-16)5-12(4-10)8-16/h9-12H,3-8H2,1-2H3. The maximum atomic E-state index is 12.9. The second-order valence-corrected chi connectivity index (χ2v) is 7.80. The zero-order valence-electron chi connectivity index (χ0n) is 13.6. The summed E-state index contributed by atoms with van der Waals surface area (Å²) in [6.07, 6.45) is 8.33. The summed E-state index contributed by atoms with van der Waals surface area (Å²) >= 11 is 0. The van der Waals surface area contributed by atoms with Crippen LogP contribution in [0.3, 0.4) is 0 Å². The Labute approximate surface area is 134 Å². The molecule has 4 bridgehead atoms. The molecule has 0 spiro atoms. The highest BCUT2D eigenvalue weighted by Crippen LogP contribution is 2.57. The van der Waals surface area contributed by atoms with Gasteiger partial charge in [0.25, 0.3) is 5.91 Å². The number of aromatic nitrogens is 2. The minimum atomic E-state index is -0.520. The van der Waals surface area contributed by atoms with E-state index in [0.717, 1.165) is 37.0 Å². The smallest absolute Gasteiger partial charge is 0.320 e. The molecule has 1 heterocycles. The lowest BCUT2D eigenvalue weighted by atomic mass is 9.52. The van der Waals surface area contributed by atoms with Crippen LogP contribution >= 0.6 is 0 Å². The van der Waals surface area contributed by atoms with Crippen LogP contribution in [0.15, 0.2) is 6.20 Å². The monoisotopic (exact) mass is 318 g/mol. The molecule has 0 aliphatic heterocycles. The highest BCUT2D eigenvalue weighted by atomic mass is 16.6. The van der Waals surface area contributed by atoms with Crippen molar-refractivity contribution in [2.75, 3.05) is 7.05 Å². The number of hydrogen-bond acceptors (Lipinski definition) is 4. The zero-order valence-corrected chi connectivity index (χ0v) is 13.6. The fourth-order valence-electron chi connectivity index (χ4n) is 5.61. The molecular weight excluding hydrogens is 296 g/mol. The average Bonchev–Trinajstić information content (AvgIpc) is 2.86. The number of nitro groups is 1. The molecule has 7 heteroatoms. The van der Waals surface area contributed by atoms with Gasteiger partial charge in [0.1, 0.15) is 6.20 Å². The molecule has 0 unspecified atom stereocenters. The van der Waals surface area contributed by atoms with Crippen LogP contribution in [0.2, 0.25) is 0 Å². The van der Waals surface area contributed by atoms with Crippen LogP contribution in [0, 0.1) is 27.9 Å². The molecular formula is C16H22N4O3. The van der Waals surface area contributed by atoms with Crippen LogP contribution in [0.4, 0.5) is 5.69 Å². The molecule has 4 fully saturated rings. The third kappa shape index (κ3) is 2.16. The first-order chi connectivity index (χ1) is 10.9. The fraction of sp³-hybridized carbons (Fsp3) is 0.750. The molecule has 1 amide bonds. The minimum Gasteiger partial charge on any atom is -0.334 e. The second kappa shape index (κ2) is 4.79. The van der Waals surface area contributed by atoms with E-state index in [0.29, 0.717) is 0 Å². The molecule has 4 saturated carbocycles. The predicted molar refractivity (Wildman–Crippen MR) is 82.9 cm³/mol. The van der Waals surface area contributed by atoms with E-state index < -0.39 is 4.92 Å². The van der Waals surface area contributed by atoms with Gasteiger partial charge in [-0.3, -0.25) is 19.6 Å². The van der Waals surface area contributed by atoms with Gasteiger partial charge < -0.3 is 4.90 Å². The van der Waals surface area contributed by atoms with Crippen molar-refractivity contribution in [3.8, 4) is 0 Å². The third-order valence-electron chi connectivity index (χ3n) is 6.23. The van der Waals surface area contributed by atoms with E-state index in [1.165, 1.54) is 30.1 Å². The second-order valence-electron chi connectivity index (χ2n) is 7.80. The average molecular weight is 318 g/mol. The van der Waals surface area contributed by atoms with Crippen LogP contribution in [-0.2, 0) is 7.05 Å². The van der Waals surface area contributed by atoms with Gasteiger partial charge in [-0.15, -0.1) is 0 Å². The molecule has 23 heavy (non-hydrogen) atoms. The zero-order chi connectivity index (χ0) is 16.4. The fourth-order valence-corrected chi connectivity index (χ4v) is 5.61. The Bertz CT molecular complexity index is 646. The van der Waals surface area contributed by atoms with Gasteiger partial charge in [-0.05, 0) is 56.3 Å². The third-order valence-corrected chi connectivity index (χ3v) is 6.23. The summed E-state index contributed by atoms with van der Waals surface area (Å²) in [5.74, 6) is 1.85. The van der Waals surface area contributed by atoms with Crippen molar-refractivity contribution in [2.45, 2.75) is 44.1 Å². The van der Waals surface area contributed by atoms with E-state index in [4.69, 9.17) is 0 Å². The number of carbonyl (C=O) groups is 1. The van der Waals surface area contributed by atoms with Gasteiger partial charge >= 0.3 is 5.69 Å². The van der Waals surface area contributed by atoms with Crippen LogP contribution in [0.1, 0.15) is 49.0 Å². The lowest BCUT2D eigenvalue weighted by molar-refractivity contribution is -0.385. The van der Waals surface area contributed by atoms with Crippen LogP contribution in [0.25, 0.3) is 0 Å². The van der Waals surface area contributed by atoms with Gasteiger partial charge in [-0.2, -0.15) is 5.10 Å². The van der Waals surface area contributed by atoms with Crippen molar-refractivity contribution in [3.05, 3.63) is 22.0 Å². The molecule has 4 aliphatic rings. The maximum absolute atomic E-state index is 12.9. The molecule has 0 radical (unpaired) electrons. The maximum Gasteiger partial charge on any atom is 0.320 e. The Kier molecular flexibility index (Phi) is 3.05. The van der Waals surface area contributed by atoms with Crippen molar-refractivity contribution >= 4 is 11.6 Å². The first kappa shape index (κ1) is 14.7. The molecule has 1 aromatic rings. The van der Waals surface area contributed by atoms with Crippen molar-refractivity contribution in [3.63, 3.8) is 0 Å². The van der Waals surface area contributed by atoms with Gasteiger partial charge in [-0.1, -0.05) is 0 Å². The SMILES string of the molecule is CN(C(=O)c1nn(C)cc1[N+](=O)[O-])C12CC3CC(CC(C3)C1)C2. The molecule has 0 aromatic carbocycles. The van der Waals surface area contributed by atoms with Gasteiger partial charge in [0.2, 0.25) is 5.69 Å². The number of aryl methyl sites for hydroxylation is 1. The number of carbonyl (C=O) groups excluding carboxylic acids is 1. The molecule has 7 nitrogen and oxygen atoms in total. The normalized spacial score (nSPS) is 34.6. The predicted octanol–water partition coefficient (Wildman–Crippen LogP) is 2.37. The van der Waals surface area contributed by atoms with Gasteiger partial charge in [0.15, 0.2) is 0 Å². The largest absolute Gasteiger partial charge is 0.334 e. The number of nitrogens with zero attached hydrogens (tertiary/aromatic N) is 4. The summed E-state index contributed by atoms with van der Waals surface area (Å²) in [5.41, 5.74) is -0.346.